The van der Waals surface area contributed by atoms with Crippen molar-refractivity contribution in [3.8, 4) is 22.9 Å². The van der Waals surface area contributed by atoms with Crippen LogP contribution in [0.1, 0.15) is 27.9 Å². The summed E-state index contributed by atoms with van der Waals surface area (Å²) in [4.78, 5) is 17.2. The van der Waals surface area contributed by atoms with Crippen LogP contribution in [0.2, 0.25) is 0 Å². The van der Waals surface area contributed by atoms with Gasteiger partial charge in [-0.3, -0.25) is 4.79 Å². The van der Waals surface area contributed by atoms with Crippen LogP contribution in [0.5, 0.6) is 5.75 Å². The summed E-state index contributed by atoms with van der Waals surface area (Å²) in [5.41, 5.74) is 3.92. The SMILES string of the molecule is Cn1cncc1[C@]1(O)c2ccc(C#N)c(c2)OCCc2cccc(c2)-c2cc(=O)n(C)c3ccc1cc23. The highest BCUT2D eigenvalue weighted by molar-refractivity contribution is 5.95. The standard InChI is InChI=1S/C30H24N4O3/c1-33-18-32-17-28(33)30(36)22-8-9-26-25(13-22)24(15-29(35)34(26)2)20-5-3-4-19(12-20)10-11-37-27-14-23(30)7-6-21(27)16-31/h3-9,12-15,17-18,36H,10-11H2,1-2H3/t30-/m1/s1. The van der Waals surface area contributed by atoms with E-state index < -0.39 is 5.60 Å². The Morgan fingerprint density at radius 1 is 1.05 bits per heavy atom. The van der Waals surface area contributed by atoms with Crippen LogP contribution in [0, 0.1) is 11.3 Å². The van der Waals surface area contributed by atoms with Gasteiger partial charge in [0.25, 0.3) is 5.56 Å². The molecule has 1 aliphatic rings. The van der Waals surface area contributed by atoms with Crippen molar-refractivity contribution in [3.05, 3.63) is 118 Å². The summed E-state index contributed by atoms with van der Waals surface area (Å²) in [5.74, 6) is 0.415. The number of rotatable bonds is 1. The van der Waals surface area contributed by atoms with E-state index in [1.165, 1.54) is 0 Å². The summed E-state index contributed by atoms with van der Waals surface area (Å²) >= 11 is 0. The monoisotopic (exact) mass is 488 g/mol. The predicted octanol–water partition coefficient (Wildman–Crippen LogP) is 4.03. The highest BCUT2D eigenvalue weighted by atomic mass is 16.5. The Bertz CT molecular complexity index is 1790. The zero-order chi connectivity index (χ0) is 25.7. The number of aliphatic hydroxyl groups is 1. The number of nitrogens with zero attached hydrogens (tertiary/aromatic N) is 4. The van der Waals surface area contributed by atoms with Crippen molar-refractivity contribution >= 4 is 10.9 Å². The van der Waals surface area contributed by atoms with Gasteiger partial charge in [0.2, 0.25) is 0 Å². The Morgan fingerprint density at radius 2 is 1.86 bits per heavy atom. The molecule has 2 aromatic heterocycles. The average molecular weight is 489 g/mol. The zero-order valence-corrected chi connectivity index (χ0v) is 20.5. The Balaban J connectivity index is 1.75. The number of hydrogen-bond acceptors (Lipinski definition) is 5. The first-order valence-corrected chi connectivity index (χ1v) is 12.0. The Kier molecular flexibility index (Phi) is 5.21. The number of ether oxygens (including phenoxy) is 1. The molecule has 0 saturated heterocycles. The summed E-state index contributed by atoms with van der Waals surface area (Å²) in [6.45, 7) is 0.350. The lowest BCUT2D eigenvalue weighted by atomic mass is 9.82. The summed E-state index contributed by atoms with van der Waals surface area (Å²) in [6.07, 6.45) is 3.89. The number of nitriles is 1. The predicted molar refractivity (Wildman–Crippen MR) is 140 cm³/mol. The van der Waals surface area contributed by atoms with Crippen LogP contribution in [0.4, 0.5) is 0 Å². The lowest BCUT2D eigenvalue weighted by Gasteiger charge is -2.31. The van der Waals surface area contributed by atoms with Gasteiger partial charge >= 0.3 is 0 Å². The molecule has 1 atom stereocenters. The molecule has 0 amide bonds. The molecule has 1 N–H and O–H groups in total. The molecule has 1 aliphatic heterocycles. The van der Waals surface area contributed by atoms with Crippen LogP contribution in [-0.2, 0) is 26.1 Å². The minimum Gasteiger partial charge on any atom is -0.492 e. The molecular weight excluding hydrogens is 464 g/mol. The zero-order valence-electron chi connectivity index (χ0n) is 20.5. The number of benzene rings is 3. The second-order valence-electron chi connectivity index (χ2n) is 9.41. The Labute approximate surface area is 213 Å². The first-order chi connectivity index (χ1) is 17.9. The summed E-state index contributed by atoms with van der Waals surface area (Å²) in [7, 11) is 3.58. The number of imidazole rings is 1. The van der Waals surface area contributed by atoms with Gasteiger partial charge in [0, 0.05) is 32.0 Å². The van der Waals surface area contributed by atoms with Gasteiger partial charge in [-0.05, 0) is 52.1 Å². The highest BCUT2D eigenvalue weighted by Gasteiger charge is 2.37. The molecule has 6 bridgehead atoms. The van der Waals surface area contributed by atoms with E-state index in [1.807, 2.05) is 43.4 Å². The van der Waals surface area contributed by atoms with Gasteiger partial charge in [-0.15, -0.1) is 0 Å². The number of fused-ring (bicyclic) bond motifs is 6. The van der Waals surface area contributed by atoms with E-state index in [9.17, 15) is 15.2 Å². The molecule has 0 unspecified atom stereocenters. The average Bonchev–Trinajstić information content (AvgIpc) is 3.36. The third-order valence-electron chi connectivity index (χ3n) is 7.26. The van der Waals surface area contributed by atoms with Gasteiger partial charge in [-0.25, -0.2) is 4.98 Å². The first-order valence-electron chi connectivity index (χ1n) is 12.0. The molecule has 6 rings (SSSR count). The minimum atomic E-state index is -1.61. The molecule has 0 saturated carbocycles. The van der Waals surface area contributed by atoms with Gasteiger partial charge in [0.1, 0.15) is 11.8 Å². The van der Waals surface area contributed by atoms with E-state index >= 15 is 0 Å². The van der Waals surface area contributed by atoms with Gasteiger partial charge in [0.15, 0.2) is 5.60 Å². The van der Waals surface area contributed by atoms with Crippen LogP contribution in [0.25, 0.3) is 22.0 Å². The Morgan fingerprint density at radius 3 is 2.65 bits per heavy atom. The molecule has 0 fully saturated rings. The summed E-state index contributed by atoms with van der Waals surface area (Å²) in [5, 5.41) is 23.1. The smallest absolute Gasteiger partial charge is 0.251 e. The third-order valence-corrected chi connectivity index (χ3v) is 7.26. The van der Waals surface area contributed by atoms with Crippen molar-refractivity contribution in [1.82, 2.24) is 14.1 Å². The quantitative estimate of drug-likeness (QED) is 0.385. The van der Waals surface area contributed by atoms with Gasteiger partial charge < -0.3 is 19.0 Å². The van der Waals surface area contributed by atoms with E-state index in [1.54, 1.807) is 53.0 Å². The maximum absolute atomic E-state index is 12.9. The highest BCUT2D eigenvalue weighted by Crippen LogP contribution is 2.41. The van der Waals surface area contributed by atoms with Gasteiger partial charge in [0.05, 0.1) is 35.9 Å². The number of aromatic nitrogens is 3. The molecule has 7 heteroatoms. The lowest BCUT2D eigenvalue weighted by Crippen LogP contribution is -2.31. The largest absolute Gasteiger partial charge is 0.492 e. The topological polar surface area (TPSA) is 93.1 Å². The first kappa shape index (κ1) is 22.8. The normalized spacial score (nSPS) is 16.7. The van der Waals surface area contributed by atoms with Crippen molar-refractivity contribution in [2.45, 2.75) is 12.0 Å². The molecule has 3 heterocycles. The third kappa shape index (κ3) is 3.53. The minimum absolute atomic E-state index is 0.108. The van der Waals surface area contributed by atoms with E-state index in [4.69, 9.17) is 4.74 Å². The molecule has 5 aromatic rings. The van der Waals surface area contributed by atoms with Crippen molar-refractivity contribution in [2.75, 3.05) is 6.61 Å². The number of aryl methyl sites for hydroxylation is 2. The van der Waals surface area contributed by atoms with E-state index in [2.05, 4.69) is 17.1 Å². The fourth-order valence-corrected chi connectivity index (χ4v) is 5.23. The van der Waals surface area contributed by atoms with Crippen molar-refractivity contribution < 1.29 is 9.84 Å². The van der Waals surface area contributed by atoms with Crippen LogP contribution < -0.4 is 10.3 Å². The molecule has 37 heavy (non-hydrogen) atoms. The van der Waals surface area contributed by atoms with Crippen LogP contribution in [0.3, 0.4) is 0 Å². The van der Waals surface area contributed by atoms with Crippen LogP contribution in [0.15, 0.2) is 84.0 Å². The molecule has 182 valence electrons. The number of pyridine rings is 1. The van der Waals surface area contributed by atoms with Crippen molar-refractivity contribution in [2.24, 2.45) is 14.1 Å². The molecule has 0 spiro atoms. The maximum Gasteiger partial charge on any atom is 0.251 e. The van der Waals surface area contributed by atoms with Crippen LogP contribution in [-0.4, -0.2) is 25.8 Å². The fraction of sp³-hybridized carbons (Fsp3) is 0.167. The van der Waals surface area contributed by atoms with Crippen molar-refractivity contribution in [3.63, 3.8) is 0 Å². The summed E-state index contributed by atoms with van der Waals surface area (Å²) < 4.78 is 9.48. The Hall–Kier alpha value is -4.67. The molecular formula is C30H24N4O3. The second-order valence-corrected chi connectivity index (χ2v) is 9.41. The number of hydrogen-bond donors (Lipinski definition) is 1. The summed E-state index contributed by atoms with van der Waals surface area (Å²) in [6, 6.07) is 22.7. The van der Waals surface area contributed by atoms with E-state index in [0.29, 0.717) is 41.2 Å². The second kappa shape index (κ2) is 8.47. The van der Waals surface area contributed by atoms with Gasteiger partial charge in [-0.2, -0.15) is 5.26 Å². The molecule has 7 nitrogen and oxygen atoms in total. The maximum atomic E-state index is 12.9. The lowest BCUT2D eigenvalue weighted by molar-refractivity contribution is 0.117. The molecule has 3 aromatic carbocycles. The van der Waals surface area contributed by atoms with Crippen molar-refractivity contribution in [1.29, 1.82) is 5.26 Å². The molecule has 0 aliphatic carbocycles. The van der Waals surface area contributed by atoms with E-state index in [0.717, 1.165) is 27.6 Å². The molecule has 0 radical (unpaired) electrons. The van der Waals surface area contributed by atoms with Gasteiger partial charge in [-0.1, -0.05) is 36.4 Å². The van der Waals surface area contributed by atoms with Crippen LogP contribution >= 0.6 is 0 Å². The fourth-order valence-electron chi connectivity index (χ4n) is 5.23. The van der Waals surface area contributed by atoms with E-state index in [-0.39, 0.29) is 5.56 Å².